The molecule has 2 aliphatic rings. The summed E-state index contributed by atoms with van der Waals surface area (Å²) in [4.78, 5) is 36.3. The molecule has 5 rings (SSSR count). The Balaban J connectivity index is 1.29. The number of carbonyl (C=O) groups excluding carboxylic acids is 2. The summed E-state index contributed by atoms with van der Waals surface area (Å²) in [6, 6.07) is 14.7. The van der Waals surface area contributed by atoms with Gasteiger partial charge in [0.15, 0.2) is 6.04 Å². The topological polar surface area (TPSA) is 70.5 Å². The number of anilines is 1. The second-order valence-electron chi connectivity index (χ2n) is 7.85. The number of benzene rings is 2. The van der Waals surface area contributed by atoms with Crippen LogP contribution in [0.15, 0.2) is 48.5 Å². The first-order valence-corrected chi connectivity index (χ1v) is 10.4. The molecule has 3 heterocycles. The molecule has 6 nitrogen and oxygen atoms in total. The minimum absolute atomic E-state index is 0.139. The second kappa shape index (κ2) is 7.28. The number of imidazole rings is 1. The molecule has 2 aromatic carbocycles. The molecule has 1 aromatic heterocycles. The number of para-hydroxylation sites is 3. The summed E-state index contributed by atoms with van der Waals surface area (Å²) in [5.74, 6) is 1.08. The van der Waals surface area contributed by atoms with Crippen molar-refractivity contribution < 1.29 is 14.5 Å². The molecular formula is C22H22ClN4O2+. The molecule has 0 radical (unpaired) electrons. The van der Waals surface area contributed by atoms with Gasteiger partial charge >= 0.3 is 0 Å². The maximum atomic E-state index is 13.0. The van der Waals surface area contributed by atoms with E-state index < -0.39 is 0 Å². The molecule has 148 valence electrons. The van der Waals surface area contributed by atoms with Gasteiger partial charge in [-0.25, -0.2) is 9.88 Å². The molecule has 0 bridgehead atoms. The molecule has 0 aliphatic carbocycles. The highest BCUT2D eigenvalue weighted by Crippen LogP contribution is 2.30. The van der Waals surface area contributed by atoms with Gasteiger partial charge in [0.05, 0.1) is 41.3 Å². The Hall–Kier alpha value is -2.70. The Bertz CT molecular complexity index is 1050. The normalized spacial score (nSPS) is 25.1. The van der Waals surface area contributed by atoms with E-state index in [-0.39, 0.29) is 24.3 Å². The standard InChI is InChI=1S/C22H21ClN4O2/c23-15-5-1-4-8-18(15)27-20(28)13-19(22(27)29)26-11-9-14(10-12-26)21-24-16-6-2-3-7-17(16)25-21/h1-8,14,19H,9-13H2,(H,24,25)/p+1/t19-/m1/s1. The number of hydrogen-bond donors (Lipinski definition) is 2. The average Bonchev–Trinajstić information content (AvgIpc) is 3.30. The molecule has 2 saturated heterocycles. The summed E-state index contributed by atoms with van der Waals surface area (Å²) in [5, 5.41) is 0.424. The van der Waals surface area contributed by atoms with E-state index in [4.69, 9.17) is 16.6 Å². The van der Waals surface area contributed by atoms with Gasteiger partial charge in [0, 0.05) is 18.8 Å². The van der Waals surface area contributed by atoms with Crippen molar-refractivity contribution in [2.45, 2.75) is 31.2 Å². The van der Waals surface area contributed by atoms with Crippen molar-refractivity contribution >= 4 is 40.1 Å². The number of amides is 2. The molecular weight excluding hydrogens is 388 g/mol. The highest BCUT2D eigenvalue weighted by molar-refractivity contribution is 6.36. The van der Waals surface area contributed by atoms with Crippen LogP contribution in [0.2, 0.25) is 5.02 Å². The first-order chi connectivity index (χ1) is 14.1. The number of H-pyrrole nitrogens is 1. The van der Waals surface area contributed by atoms with Gasteiger partial charge in [-0.05, 0) is 24.3 Å². The summed E-state index contributed by atoms with van der Waals surface area (Å²) in [5.41, 5.74) is 2.54. The smallest absolute Gasteiger partial charge is 0.292 e. The number of fused-ring (bicyclic) bond motifs is 1. The third-order valence-corrected chi connectivity index (χ3v) is 6.47. The lowest BCUT2D eigenvalue weighted by Gasteiger charge is -2.31. The molecule has 0 unspecified atom stereocenters. The number of quaternary nitrogens is 1. The van der Waals surface area contributed by atoms with Crippen molar-refractivity contribution in [2.24, 2.45) is 0 Å². The van der Waals surface area contributed by atoms with E-state index >= 15 is 0 Å². The van der Waals surface area contributed by atoms with E-state index in [1.807, 2.05) is 24.3 Å². The van der Waals surface area contributed by atoms with Gasteiger partial charge in [0.25, 0.3) is 5.91 Å². The van der Waals surface area contributed by atoms with Crippen molar-refractivity contribution in [1.29, 1.82) is 0 Å². The quantitative estimate of drug-likeness (QED) is 0.652. The fourth-order valence-corrected chi connectivity index (χ4v) is 4.83. The lowest BCUT2D eigenvalue weighted by molar-refractivity contribution is -0.920. The first kappa shape index (κ1) is 18.3. The number of nitrogens with one attached hydrogen (secondary N) is 2. The molecule has 29 heavy (non-hydrogen) atoms. The molecule has 2 aliphatic heterocycles. The molecule has 2 amide bonds. The minimum Gasteiger partial charge on any atom is -0.342 e. The predicted octanol–water partition coefficient (Wildman–Crippen LogP) is 2.31. The van der Waals surface area contributed by atoms with Gasteiger partial charge in [-0.1, -0.05) is 35.9 Å². The average molecular weight is 410 g/mol. The van der Waals surface area contributed by atoms with E-state index in [9.17, 15) is 9.59 Å². The number of rotatable bonds is 3. The van der Waals surface area contributed by atoms with Crippen LogP contribution in [-0.4, -0.2) is 40.9 Å². The summed E-state index contributed by atoms with van der Waals surface area (Å²) in [7, 11) is 0. The van der Waals surface area contributed by atoms with Crippen molar-refractivity contribution in [3.05, 3.63) is 59.4 Å². The van der Waals surface area contributed by atoms with Crippen LogP contribution in [0.25, 0.3) is 11.0 Å². The molecule has 2 N–H and O–H groups in total. The van der Waals surface area contributed by atoms with Gasteiger partial charge in [-0.2, -0.15) is 0 Å². The van der Waals surface area contributed by atoms with E-state index in [0.717, 1.165) is 42.8 Å². The fourth-order valence-electron chi connectivity index (χ4n) is 4.61. The SMILES string of the molecule is O=C1C[C@@H]([NH+]2CCC(c3nc4ccccc4[nH]3)CC2)C(=O)N1c1ccccc1Cl. The van der Waals surface area contributed by atoms with E-state index in [1.165, 1.54) is 9.80 Å². The van der Waals surface area contributed by atoms with Gasteiger partial charge in [0.2, 0.25) is 5.91 Å². The number of likely N-dealkylation sites (tertiary alicyclic amines) is 1. The van der Waals surface area contributed by atoms with E-state index in [1.54, 1.807) is 24.3 Å². The molecule has 1 atom stereocenters. The zero-order chi connectivity index (χ0) is 20.0. The Morgan fingerprint density at radius 3 is 2.52 bits per heavy atom. The van der Waals surface area contributed by atoms with Crippen LogP contribution in [0.5, 0.6) is 0 Å². The second-order valence-corrected chi connectivity index (χ2v) is 8.25. The zero-order valence-electron chi connectivity index (χ0n) is 15.9. The number of halogens is 1. The third kappa shape index (κ3) is 3.22. The number of aromatic amines is 1. The van der Waals surface area contributed by atoms with Gasteiger partial charge in [0.1, 0.15) is 5.82 Å². The van der Waals surface area contributed by atoms with Crippen LogP contribution in [0.3, 0.4) is 0 Å². The molecule has 0 saturated carbocycles. The largest absolute Gasteiger partial charge is 0.342 e. The summed E-state index contributed by atoms with van der Waals surface area (Å²) in [6.07, 6.45) is 2.13. The Morgan fingerprint density at radius 2 is 1.76 bits per heavy atom. The van der Waals surface area contributed by atoms with Gasteiger partial charge in [-0.3, -0.25) is 9.59 Å². The lowest BCUT2D eigenvalue weighted by Crippen LogP contribution is -3.17. The predicted molar refractivity (Wildman–Crippen MR) is 111 cm³/mol. The molecule has 3 aromatic rings. The van der Waals surface area contributed by atoms with Gasteiger partial charge < -0.3 is 9.88 Å². The molecule has 7 heteroatoms. The Morgan fingerprint density at radius 1 is 1.03 bits per heavy atom. The number of imide groups is 1. The zero-order valence-corrected chi connectivity index (χ0v) is 16.7. The number of aromatic nitrogens is 2. The highest BCUT2D eigenvalue weighted by Gasteiger charge is 2.47. The van der Waals surface area contributed by atoms with Crippen LogP contribution in [0, 0.1) is 0 Å². The minimum atomic E-state index is -0.324. The van der Waals surface area contributed by atoms with E-state index in [2.05, 4.69) is 4.98 Å². The van der Waals surface area contributed by atoms with Gasteiger partial charge in [-0.15, -0.1) is 0 Å². The van der Waals surface area contributed by atoms with Crippen molar-refractivity contribution in [3.8, 4) is 0 Å². The third-order valence-electron chi connectivity index (χ3n) is 6.16. The first-order valence-electron chi connectivity index (χ1n) is 10.0. The number of nitrogens with zero attached hydrogens (tertiary/aromatic N) is 2. The summed E-state index contributed by atoms with van der Waals surface area (Å²) < 4.78 is 0. The Labute approximate surface area is 173 Å². The van der Waals surface area contributed by atoms with Crippen LogP contribution >= 0.6 is 11.6 Å². The lowest BCUT2D eigenvalue weighted by atomic mass is 9.95. The monoisotopic (exact) mass is 409 g/mol. The summed E-state index contributed by atoms with van der Waals surface area (Å²) in [6.45, 7) is 1.70. The van der Waals surface area contributed by atoms with Crippen molar-refractivity contribution in [3.63, 3.8) is 0 Å². The maximum Gasteiger partial charge on any atom is 0.292 e. The number of carbonyl (C=O) groups is 2. The molecule has 0 spiro atoms. The van der Waals surface area contributed by atoms with Crippen LogP contribution < -0.4 is 9.80 Å². The number of hydrogen-bond acceptors (Lipinski definition) is 3. The fraction of sp³-hybridized carbons (Fsp3) is 0.318. The Kier molecular flexibility index (Phi) is 4.60. The van der Waals surface area contributed by atoms with Crippen LogP contribution in [-0.2, 0) is 9.59 Å². The van der Waals surface area contributed by atoms with Crippen molar-refractivity contribution in [1.82, 2.24) is 9.97 Å². The van der Waals surface area contributed by atoms with Crippen LogP contribution in [0.1, 0.15) is 31.0 Å². The maximum absolute atomic E-state index is 13.0. The van der Waals surface area contributed by atoms with E-state index in [0.29, 0.717) is 16.6 Å². The van der Waals surface area contributed by atoms with Crippen molar-refractivity contribution in [2.75, 3.05) is 18.0 Å². The summed E-state index contributed by atoms with van der Waals surface area (Å²) >= 11 is 6.23. The van der Waals surface area contributed by atoms with Crippen LogP contribution in [0.4, 0.5) is 5.69 Å². The molecule has 2 fully saturated rings. The highest BCUT2D eigenvalue weighted by atomic mass is 35.5. The number of piperidine rings is 1.